The number of allylic oxidation sites excluding steroid dienone is 3. The summed E-state index contributed by atoms with van der Waals surface area (Å²) >= 11 is 0. The number of hydrogen-bond donors (Lipinski definition) is 0. The molecule has 0 unspecified atom stereocenters. The standard InChI is InChI=1S/C13H24/c1-4-6-8-10-12-13(3)11-9-7-5-2/h7,9H,3-6,8,10-12H2,1-2H3. The average Bonchev–Trinajstić information content (AvgIpc) is 2.13. The third-order valence-electron chi connectivity index (χ3n) is 2.19. The van der Waals surface area contributed by atoms with Gasteiger partial charge in [0, 0.05) is 0 Å². The maximum atomic E-state index is 4.07. The van der Waals surface area contributed by atoms with E-state index >= 15 is 0 Å². The molecule has 0 aliphatic carbocycles. The lowest BCUT2D eigenvalue weighted by molar-refractivity contribution is 0.661. The molecular weight excluding hydrogens is 156 g/mol. The van der Waals surface area contributed by atoms with Gasteiger partial charge in [-0.3, -0.25) is 0 Å². The predicted octanol–water partition coefficient (Wildman–Crippen LogP) is 4.87. The van der Waals surface area contributed by atoms with Crippen LogP contribution in [0.1, 0.15) is 58.8 Å². The van der Waals surface area contributed by atoms with E-state index in [-0.39, 0.29) is 0 Å². The third kappa shape index (κ3) is 9.39. The van der Waals surface area contributed by atoms with Crippen molar-refractivity contribution >= 4 is 0 Å². The van der Waals surface area contributed by atoms with Crippen molar-refractivity contribution in [1.29, 1.82) is 0 Å². The highest BCUT2D eigenvalue weighted by atomic mass is 14.0. The fourth-order valence-corrected chi connectivity index (χ4v) is 1.32. The first-order chi connectivity index (χ1) is 6.31. The number of unbranched alkanes of at least 4 members (excludes halogenated alkanes) is 3. The summed E-state index contributed by atoms with van der Waals surface area (Å²) in [6.07, 6.45) is 13.3. The Balaban J connectivity index is 3.25. The lowest BCUT2D eigenvalue weighted by atomic mass is 10.1. The molecule has 0 amide bonds. The Morgan fingerprint density at radius 1 is 1.08 bits per heavy atom. The summed E-state index contributed by atoms with van der Waals surface area (Å²) in [5.74, 6) is 0. The molecule has 0 aliphatic heterocycles. The summed E-state index contributed by atoms with van der Waals surface area (Å²) in [7, 11) is 0. The zero-order valence-electron chi connectivity index (χ0n) is 9.31. The number of hydrogen-bond acceptors (Lipinski definition) is 0. The smallest absolute Gasteiger partial charge is 0.0142 e. The first kappa shape index (κ1) is 12.5. The number of rotatable bonds is 8. The molecule has 0 aromatic carbocycles. The Hall–Kier alpha value is -0.520. The van der Waals surface area contributed by atoms with Crippen LogP contribution in [0.2, 0.25) is 0 Å². The quantitative estimate of drug-likeness (QED) is 0.369. The fraction of sp³-hybridized carbons (Fsp3) is 0.692. The molecule has 0 N–H and O–H groups in total. The lowest BCUT2D eigenvalue weighted by Gasteiger charge is -2.01. The molecule has 0 heteroatoms. The van der Waals surface area contributed by atoms with E-state index in [1.807, 2.05) is 0 Å². The minimum absolute atomic E-state index is 1.08. The summed E-state index contributed by atoms with van der Waals surface area (Å²) in [4.78, 5) is 0. The molecule has 0 saturated heterocycles. The SMILES string of the molecule is C=C(CC=CCC)CCCCCC. The lowest BCUT2D eigenvalue weighted by Crippen LogP contribution is -1.81. The van der Waals surface area contributed by atoms with Crippen LogP contribution in [-0.2, 0) is 0 Å². The molecule has 0 radical (unpaired) electrons. The summed E-state index contributed by atoms with van der Waals surface area (Å²) in [6.45, 7) is 8.49. The second-order valence-corrected chi connectivity index (χ2v) is 3.64. The van der Waals surface area contributed by atoms with Crippen LogP contribution in [0.3, 0.4) is 0 Å². The van der Waals surface area contributed by atoms with Crippen molar-refractivity contribution in [3.8, 4) is 0 Å². The van der Waals surface area contributed by atoms with Crippen LogP contribution in [-0.4, -0.2) is 0 Å². The third-order valence-corrected chi connectivity index (χ3v) is 2.19. The molecule has 0 aromatic heterocycles. The predicted molar refractivity (Wildman–Crippen MR) is 61.9 cm³/mol. The zero-order valence-corrected chi connectivity index (χ0v) is 9.31. The first-order valence-corrected chi connectivity index (χ1v) is 5.62. The van der Waals surface area contributed by atoms with Crippen molar-refractivity contribution in [3.05, 3.63) is 24.3 Å². The van der Waals surface area contributed by atoms with Gasteiger partial charge in [0.25, 0.3) is 0 Å². The summed E-state index contributed by atoms with van der Waals surface area (Å²) < 4.78 is 0. The Bertz CT molecular complexity index is 142. The second kappa shape index (κ2) is 9.57. The molecule has 0 fully saturated rings. The molecule has 76 valence electrons. The van der Waals surface area contributed by atoms with Gasteiger partial charge in [-0.1, -0.05) is 57.4 Å². The van der Waals surface area contributed by atoms with Gasteiger partial charge in [-0.25, -0.2) is 0 Å². The van der Waals surface area contributed by atoms with Gasteiger partial charge in [0.2, 0.25) is 0 Å². The summed E-state index contributed by atoms with van der Waals surface area (Å²) in [6, 6.07) is 0. The summed E-state index contributed by atoms with van der Waals surface area (Å²) in [5, 5.41) is 0. The Morgan fingerprint density at radius 2 is 1.85 bits per heavy atom. The van der Waals surface area contributed by atoms with E-state index in [0.717, 1.165) is 12.8 Å². The molecule has 13 heavy (non-hydrogen) atoms. The van der Waals surface area contributed by atoms with Crippen molar-refractivity contribution < 1.29 is 0 Å². The molecule has 0 atom stereocenters. The molecule has 0 aromatic rings. The average molecular weight is 180 g/mol. The highest BCUT2D eigenvalue weighted by Crippen LogP contribution is 2.11. The normalized spacial score (nSPS) is 10.9. The van der Waals surface area contributed by atoms with Gasteiger partial charge in [-0.2, -0.15) is 0 Å². The van der Waals surface area contributed by atoms with Gasteiger partial charge >= 0.3 is 0 Å². The van der Waals surface area contributed by atoms with Gasteiger partial charge in [-0.05, 0) is 25.7 Å². The van der Waals surface area contributed by atoms with Crippen LogP contribution in [0.15, 0.2) is 24.3 Å². The van der Waals surface area contributed by atoms with Crippen LogP contribution >= 0.6 is 0 Å². The molecule has 0 heterocycles. The minimum Gasteiger partial charge on any atom is -0.0995 e. The van der Waals surface area contributed by atoms with Crippen molar-refractivity contribution in [2.75, 3.05) is 0 Å². The van der Waals surface area contributed by atoms with Crippen LogP contribution in [0, 0.1) is 0 Å². The highest BCUT2D eigenvalue weighted by Gasteiger charge is 1.91. The van der Waals surface area contributed by atoms with Gasteiger partial charge in [0.05, 0.1) is 0 Å². The Morgan fingerprint density at radius 3 is 2.46 bits per heavy atom. The van der Waals surface area contributed by atoms with Crippen molar-refractivity contribution in [3.63, 3.8) is 0 Å². The highest BCUT2D eigenvalue weighted by molar-refractivity contribution is 5.01. The topological polar surface area (TPSA) is 0 Å². The van der Waals surface area contributed by atoms with Crippen molar-refractivity contribution in [2.45, 2.75) is 58.8 Å². The molecule has 0 nitrogen and oxygen atoms in total. The van der Waals surface area contributed by atoms with Gasteiger partial charge in [0.1, 0.15) is 0 Å². The maximum absolute atomic E-state index is 4.07. The zero-order chi connectivity index (χ0) is 9.94. The van der Waals surface area contributed by atoms with E-state index < -0.39 is 0 Å². The largest absolute Gasteiger partial charge is 0.0995 e. The molecule has 0 spiro atoms. The Labute approximate surface area is 83.7 Å². The fourth-order valence-electron chi connectivity index (χ4n) is 1.32. The second-order valence-electron chi connectivity index (χ2n) is 3.64. The van der Waals surface area contributed by atoms with E-state index in [0.29, 0.717) is 0 Å². The van der Waals surface area contributed by atoms with E-state index in [2.05, 4.69) is 32.6 Å². The van der Waals surface area contributed by atoms with E-state index in [4.69, 9.17) is 0 Å². The minimum atomic E-state index is 1.08. The molecular formula is C13H24. The van der Waals surface area contributed by atoms with Crippen molar-refractivity contribution in [1.82, 2.24) is 0 Å². The van der Waals surface area contributed by atoms with Gasteiger partial charge in [-0.15, -0.1) is 0 Å². The van der Waals surface area contributed by atoms with E-state index in [1.54, 1.807) is 0 Å². The molecule has 0 aliphatic rings. The van der Waals surface area contributed by atoms with Crippen LogP contribution < -0.4 is 0 Å². The van der Waals surface area contributed by atoms with Gasteiger partial charge < -0.3 is 0 Å². The van der Waals surface area contributed by atoms with Crippen LogP contribution in [0.5, 0.6) is 0 Å². The Kier molecular flexibility index (Phi) is 9.18. The van der Waals surface area contributed by atoms with E-state index in [1.165, 1.54) is 37.7 Å². The maximum Gasteiger partial charge on any atom is -0.0142 e. The van der Waals surface area contributed by atoms with Gasteiger partial charge in [0.15, 0.2) is 0 Å². The van der Waals surface area contributed by atoms with Crippen LogP contribution in [0.4, 0.5) is 0 Å². The van der Waals surface area contributed by atoms with E-state index in [9.17, 15) is 0 Å². The monoisotopic (exact) mass is 180 g/mol. The first-order valence-electron chi connectivity index (χ1n) is 5.62. The molecule has 0 saturated carbocycles. The van der Waals surface area contributed by atoms with Crippen LogP contribution in [0.25, 0.3) is 0 Å². The molecule has 0 bridgehead atoms. The summed E-state index contributed by atoms with van der Waals surface area (Å²) in [5.41, 5.74) is 1.39. The molecule has 0 rings (SSSR count). The van der Waals surface area contributed by atoms with Crippen molar-refractivity contribution in [2.24, 2.45) is 0 Å².